The molecule has 3 heteroatoms. The SMILES string of the molecule is CC(C)(C)N1CCC(N)C1c1ccc(C#N)cc1. The molecule has 0 aliphatic carbocycles. The highest BCUT2D eigenvalue weighted by Crippen LogP contribution is 2.36. The fourth-order valence-electron chi connectivity index (χ4n) is 2.75. The predicted molar refractivity (Wildman–Crippen MR) is 72.9 cm³/mol. The molecule has 96 valence electrons. The zero-order chi connectivity index (χ0) is 13.3. The van der Waals surface area contributed by atoms with Crippen LogP contribution in [0.1, 0.15) is 44.4 Å². The van der Waals surface area contributed by atoms with E-state index in [1.165, 1.54) is 5.56 Å². The summed E-state index contributed by atoms with van der Waals surface area (Å²) in [5, 5.41) is 8.84. The number of rotatable bonds is 1. The van der Waals surface area contributed by atoms with E-state index in [-0.39, 0.29) is 17.6 Å². The maximum absolute atomic E-state index is 8.84. The number of likely N-dealkylation sites (tertiary alicyclic amines) is 1. The second-order valence-electron chi connectivity index (χ2n) is 6.00. The molecule has 1 aliphatic rings. The molecule has 0 amide bonds. The van der Waals surface area contributed by atoms with Crippen molar-refractivity contribution in [1.29, 1.82) is 5.26 Å². The van der Waals surface area contributed by atoms with E-state index in [1.54, 1.807) is 0 Å². The Hall–Kier alpha value is -1.37. The van der Waals surface area contributed by atoms with Crippen LogP contribution in [0.4, 0.5) is 0 Å². The van der Waals surface area contributed by atoms with Crippen LogP contribution < -0.4 is 5.73 Å². The van der Waals surface area contributed by atoms with Crippen molar-refractivity contribution in [3.8, 4) is 6.07 Å². The molecule has 1 aliphatic heterocycles. The van der Waals surface area contributed by atoms with Crippen LogP contribution in [0.5, 0.6) is 0 Å². The lowest BCUT2D eigenvalue weighted by molar-refractivity contribution is 0.117. The van der Waals surface area contributed by atoms with Gasteiger partial charge in [-0.1, -0.05) is 12.1 Å². The molecule has 2 unspecified atom stereocenters. The van der Waals surface area contributed by atoms with Crippen molar-refractivity contribution in [2.24, 2.45) is 5.73 Å². The van der Waals surface area contributed by atoms with Crippen LogP contribution >= 0.6 is 0 Å². The van der Waals surface area contributed by atoms with Gasteiger partial charge in [0, 0.05) is 18.1 Å². The summed E-state index contributed by atoms with van der Waals surface area (Å²) in [5.41, 5.74) is 8.30. The van der Waals surface area contributed by atoms with Gasteiger partial charge in [0.15, 0.2) is 0 Å². The summed E-state index contributed by atoms with van der Waals surface area (Å²) >= 11 is 0. The molecule has 0 spiro atoms. The summed E-state index contributed by atoms with van der Waals surface area (Å²) in [6, 6.07) is 10.4. The maximum atomic E-state index is 8.84. The zero-order valence-electron chi connectivity index (χ0n) is 11.4. The van der Waals surface area contributed by atoms with Crippen molar-refractivity contribution in [2.45, 2.75) is 44.8 Å². The Bertz CT molecular complexity index is 450. The molecule has 1 fully saturated rings. The number of nitrogens with zero attached hydrogens (tertiary/aromatic N) is 2. The summed E-state index contributed by atoms with van der Waals surface area (Å²) in [6.07, 6.45) is 1.03. The van der Waals surface area contributed by atoms with Crippen LogP contribution in [0.25, 0.3) is 0 Å². The molecular weight excluding hydrogens is 222 g/mol. The summed E-state index contributed by atoms with van der Waals surface area (Å²) in [7, 11) is 0. The summed E-state index contributed by atoms with van der Waals surface area (Å²) in [4.78, 5) is 2.46. The normalized spacial score (nSPS) is 25.1. The average Bonchev–Trinajstić information content (AvgIpc) is 2.71. The molecule has 0 aromatic heterocycles. The predicted octanol–water partition coefficient (Wildman–Crippen LogP) is 2.43. The first kappa shape index (κ1) is 13.1. The number of hydrogen-bond donors (Lipinski definition) is 1. The highest BCUT2D eigenvalue weighted by molar-refractivity contribution is 5.34. The van der Waals surface area contributed by atoms with Gasteiger partial charge in [-0.25, -0.2) is 0 Å². The summed E-state index contributed by atoms with van der Waals surface area (Å²) < 4.78 is 0. The molecule has 2 atom stereocenters. The van der Waals surface area contributed by atoms with Crippen LogP contribution in [-0.4, -0.2) is 23.0 Å². The van der Waals surface area contributed by atoms with Crippen molar-refractivity contribution in [2.75, 3.05) is 6.54 Å². The number of benzene rings is 1. The fourth-order valence-corrected chi connectivity index (χ4v) is 2.75. The van der Waals surface area contributed by atoms with E-state index >= 15 is 0 Å². The van der Waals surface area contributed by atoms with Crippen LogP contribution in [0.3, 0.4) is 0 Å². The van der Waals surface area contributed by atoms with Gasteiger partial charge in [-0.15, -0.1) is 0 Å². The Kier molecular flexibility index (Phi) is 3.43. The van der Waals surface area contributed by atoms with Gasteiger partial charge in [0.25, 0.3) is 0 Å². The van der Waals surface area contributed by atoms with Crippen molar-refractivity contribution >= 4 is 0 Å². The van der Waals surface area contributed by atoms with Crippen LogP contribution in [0, 0.1) is 11.3 Å². The third-order valence-corrected chi connectivity index (χ3v) is 3.69. The molecule has 0 saturated carbocycles. The molecule has 0 bridgehead atoms. The van der Waals surface area contributed by atoms with Crippen molar-refractivity contribution in [3.05, 3.63) is 35.4 Å². The van der Waals surface area contributed by atoms with Gasteiger partial charge in [-0.2, -0.15) is 5.26 Å². The average molecular weight is 243 g/mol. The largest absolute Gasteiger partial charge is 0.326 e. The Morgan fingerprint density at radius 3 is 2.39 bits per heavy atom. The van der Waals surface area contributed by atoms with Gasteiger partial charge in [-0.05, 0) is 44.9 Å². The lowest BCUT2D eigenvalue weighted by atomic mass is 9.96. The minimum atomic E-state index is 0.118. The van der Waals surface area contributed by atoms with E-state index in [0.29, 0.717) is 5.56 Å². The lowest BCUT2D eigenvalue weighted by Gasteiger charge is -2.38. The fraction of sp³-hybridized carbons (Fsp3) is 0.533. The first-order valence-corrected chi connectivity index (χ1v) is 6.46. The molecular formula is C15H21N3. The van der Waals surface area contributed by atoms with Gasteiger partial charge < -0.3 is 5.73 Å². The van der Waals surface area contributed by atoms with Gasteiger partial charge >= 0.3 is 0 Å². The molecule has 1 aromatic carbocycles. The van der Waals surface area contributed by atoms with Gasteiger partial charge in [0.05, 0.1) is 17.7 Å². The van der Waals surface area contributed by atoms with Gasteiger partial charge in [0.2, 0.25) is 0 Å². The third kappa shape index (κ3) is 2.40. The number of hydrogen-bond acceptors (Lipinski definition) is 3. The quantitative estimate of drug-likeness (QED) is 0.824. The monoisotopic (exact) mass is 243 g/mol. The van der Waals surface area contributed by atoms with Crippen LogP contribution in [0.2, 0.25) is 0 Å². The maximum Gasteiger partial charge on any atom is 0.0991 e. The molecule has 0 radical (unpaired) electrons. The number of nitrogens with two attached hydrogens (primary N) is 1. The zero-order valence-corrected chi connectivity index (χ0v) is 11.4. The Morgan fingerprint density at radius 1 is 1.28 bits per heavy atom. The van der Waals surface area contributed by atoms with E-state index in [2.05, 4.69) is 31.7 Å². The first-order valence-electron chi connectivity index (χ1n) is 6.46. The molecule has 2 N–H and O–H groups in total. The Morgan fingerprint density at radius 2 is 1.89 bits per heavy atom. The van der Waals surface area contributed by atoms with E-state index in [4.69, 9.17) is 11.0 Å². The van der Waals surface area contributed by atoms with Crippen molar-refractivity contribution in [1.82, 2.24) is 4.90 Å². The van der Waals surface area contributed by atoms with E-state index in [9.17, 15) is 0 Å². The van der Waals surface area contributed by atoms with Crippen molar-refractivity contribution in [3.63, 3.8) is 0 Å². The smallest absolute Gasteiger partial charge is 0.0991 e. The van der Waals surface area contributed by atoms with Crippen LogP contribution in [-0.2, 0) is 0 Å². The van der Waals surface area contributed by atoms with Crippen molar-refractivity contribution < 1.29 is 0 Å². The second kappa shape index (κ2) is 4.72. The minimum Gasteiger partial charge on any atom is -0.326 e. The van der Waals surface area contributed by atoms with Crippen LogP contribution in [0.15, 0.2) is 24.3 Å². The summed E-state index contributed by atoms with van der Waals surface area (Å²) in [5.74, 6) is 0. The van der Waals surface area contributed by atoms with E-state index < -0.39 is 0 Å². The number of nitriles is 1. The topological polar surface area (TPSA) is 53.0 Å². The van der Waals surface area contributed by atoms with Gasteiger partial charge in [-0.3, -0.25) is 4.90 Å². The third-order valence-electron chi connectivity index (χ3n) is 3.69. The van der Waals surface area contributed by atoms with Gasteiger partial charge in [0.1, 0.15) is 0 Å². The molecule has 3 nitrogen and oxygen atoms in total. The highest BCUT2D eigenvalue weighted by atomic mass is 15.3. The molecule has 1 aromatic rings. The van der Waals surface area contributed by atoms with E-state index in [0.717, 1.165) is 13.0 Å². The molecule has 1 heterocycles. The molecule has 2 rings (SSSR count). The van der Waals surface area contributed by atoms with E-state index in [1.807, 2.05) is 24.3 Å². The summed E-state index contributed by atoms with van der Waals surface area (Å²) in [6.45, 7) is 7.71. The molecule has 18 heavy (non-hydrogen) atoms. The second-order valence-corrected chi connectivity index (χ2v) is 6.00. The Labute approximate surface area is 109 Å². The lowest BCUT2D eigenvalue weighted by Crippen LogP contribution is -2.43. The molecule has 1 saturated heterocycles. The Balaban J connectivity index is 2.31. The highest BCUT2D eigenvalue weighted by Gasteiger charge is 2.38. The first-order chi connectivity index (χ1) is 8.43. The minimum absolute atomic E-state index is 0.118. The standard InChI is InChI=1S/C15H21N3/c1-15(2,3)18-9-8-13(17)14(18)12-6-4-11(10-16)5-7-12/h4-7,13-14H,8-9,17H2,1-3H3.